The van der Waals surface area contributed by atoms with Gasteiger partial charge in [0.1, 0.15) is 0 Å². The lowest BCUT2D eigenvalue weighted by Gasteiger charge is -2.19. The maximum atomic E-state index is 6.47. The fourth-order valence-corrected chi connectivity index (χ4v) is 3.97. The third-order valence-electron chi connectivity index (χ3n) is 4.29. The van der Waals surface area contributed by atoms with Crippen LogP contribution in [0, 0.1) is 0 Å². The van der Waals surface area contributed by atoms with Crippen molar-refractivity contribution < 1.29 is 4.74 Å². The van der Waals surface area contributed by atoms with Crippen LogP contribution in [0.5, 0.6) is 0 Å². The van der Waals surface area contributed by atoms with E-state index in [1.54, 1.807) is 0 Å². The van der Waals surface area contributed by atoms with Crippen LogP contribution in [0.2, 0.25) is 0 Å². The molecule has 0 unspecified atom stereocenters. The first-order valence-electron chi connectivity index (χ1n) is 8.62. The molecule has 0 bridgehead atoms. The van der Waals surface area contributed by atoms with Gasteiger partial charge in [-0.1, -0.05) is 81.1 Å². The SMILES string of the molecule is CCCCCC[C@H](Br)[C@@H]1C[C@@H](Cl)[C@@H](CCCCCC)O1. The zero-order chi connectivity index (χ0) is 14.8. The van der Waals surface area contributed by atoms with E-state index in [1.165, 1.54) is 57.8 Å². The summed E-state index contributed by atoms with van der Waals surface area (Å²) in [5, 5.41) is 0.220. The van der Waals surface area contributed by atoms with E-state index in [9.17, 15) is 0 Å². The third-order valence-corrected chi connectivity index (χ3v) is 5.80. The molecule has 0 aliphatic carbocycles. The van der Waals surface area contributed by atoms with Gasteiger partial charge in [-0.25, -0.2) is 0 Å². The second kappa shape index (κ2) is 11.3. The summed E-state index contributed by atoms with van der Waals surface area (Å²) in [6.07, 6.45) is 14.5. The van der Waals surface area contributed by atoms with Crippen LogP contribution in [0.3, 0.4) is 0 Å². The van der Waals surface area contributed by atoms with Gasteiger partial charge in [0.05, 0.1) is 17.6 Å². The summed E-state index contributed by atoms with van der Waals surface area (Å²) in [5.74, 6) is 0. The van der Waals surface area contributed by atoms with E-state index >= 15 is 0 Å². The van der Waals surface area contributed by atoms with Crippen LogP contribution in [-0.2, 0) is 4.74 Å². The molecule has 0 saturated carbocycles. The largest absolute Gasteiger partial charge is 0.372 e. The Labute approximate surface area is 139 Å². The molecule has 1 fully saturated rings. The van der Waals surface area contributed by atoms with Crippen LogP contribution < -0.4 is 0 Å². The summed E-state index contributed by atoms with van der Waals surface area (Å²) < 4.78 is 6.19. The predicted octanol–water partition coefficient (Wildman–Crippen LogP) is 6.46. The van der Waals surface area contributed by atoms with Crippen LogP contribution >= 0.6 is 27.5 Å². The Morgan fingerprint density at radius 3 is 2.35 bits per heavy atom. The maximum absolute atomic E-state index is 6.47. The lowest BCUT2D eigenvalue weighted by Crippen LogP contribution is -2.21. The minimum absolute atomic E-state index is 0.220. The van der Waals surface area contributed by atoms with Crippen molar-refractivity contribution in [2.24, 2.45) is 0 Å². The van der Waals surface area contributed by atoms with Gasteiger partial charge in [-0.2, -0.15) is 0 Å². The first-order chi connectivity index (χ1) is 9.69. The molecule has 4 atom stereocenters. The van der Waals surface area contributed by atoms with Gasteiger partial charge in [-0.3, -0.25) is 0 Å². The molecule has 3 heteroatoms. The molecule has 0 radical (unpaired) electrons. The van der Waals surface area contributed by atoms with Gasteiger partial charge < -0.3 is 4.74 Å². The molecule has 1 aliphatic heterocycles. The average Bonchev–Trinajstić information content (AvgIpc) is 2.81. The number of halogens is 2. The normalized spacial score (nSPS) is 27.9. The fourth-order valence-electron chi connectivity index (χ4n) is 2.95. The minimum atomic E-state index is 0.220. The van der Waals surface area contributed by atoms with Crippen LogP contribution in [0.1, 0.15) is 84.5 Å². The highest BCUT2D eigenvalue weighted by Crippen LogP contribution is 2.34. The molecule has 120 valence electrons. The number of ether oxygens (including phenoxy) is 1. The number of rotatable bonds is 11. The Morgan fingerprint density at radius 2 is 1.70 bits per heavy atom. The lowest BCUT2D eigenvalue weighted by atomic mass is 10.0. The summed E-state index contributed by atoms with van der Waals surface area (Å²) in [6.45, 7) is 4.51. The van der Waals surface area contributed by atoms with E-state index < -0.39 is 0 Å². The zero-order valence-corrected chi connectivity index (χ0v) is 15.6. The van der Waals surface area contributed by atoms with Crippen molar-refractivity contribution in [2.45, 2.75) is 107 Å². The van der Waals surface area contributed by atoms with Gasteiger partial charge in [-0.05, 0) is 19.3 Å². The Hall–Kier alpha value is 0.730. The highest BCUT2D eigenvalue weighted by Gasteiger charge is 2.36. The molecule has 0 aromatic heterocycles. The van der Waals surface area contributed by atoms with Gasteiger partial charge in [0.2, 0.25) is 0 Å². The summed E-state index contributed by atoms with van der Waals surface area (Å²) in [4.78, 5) is 0.487. The predicted molar refractivity (Wildman–Crippen MR) is 93.2 cm³/mol. The number of hydrogen-bond donors (Lipinski definition) is 0. The van der Waals surface area contributed by atoms with E-state index in [-0.39, 0.29) is 11.5 Å². The van der Waals surface area contributed by atoms with E-state index in [0.717, 1.165) is 12.8 Å². The fraction of sp³-hybridized carbons (Fsp3) is 1.00. The highest BCUT2D eigenvalue weighted by atomic mass is 79.9. The molecule has 1 rings (SSSR count). The molecule has 1 nitrogen and oxygen atoms in total. The number of unbranched alkanes of at least 4 members (excludes halogenated alkanes) is 6. The van der Waals surface area contributed by atoms with E-state index in [1.807, 2.05) is 0 Å². The van der Waals surface area contributed by atoms with Crippen LogP contribution in [0.4, 0.5) is 0 Å². The Bertz CT molecular complexity index is 237. The molecule has 1 saturated heterocycles. The van der Waals surface area contributed by atoms with Crippen LogP contribution in [-0.4, -0.2) is 22.4 Å². The molecule has 20 heavy (non-hydrogen) atoms. The number of alkyl halides is 2. The lowest BCUT2D eigenvalue weighted by molar-refractivity contribution is 0.0385. The smallest absolute Gasteiger partial charge is 0.0743 e. The van der Waals surface area contributed by atoms with Crippen molar-refractivity contribution in [3.63, 3.8) is 0 Å². The highest BCUT2D eigenvalue weighted by molar-refractivity contribution is 9.09. The van der Waals surface area contributed by atoms with Gasteiger partial charge in [-0.15, -0.1) is 11.6 Å². The van der Waals surface area contributed by atoms with E-state index in [4.69, 9.17) is 16.3 Å². The zero-order valence-electron chi connectivity index (χ0n) is 13.3. The summed E-state index contributed by atoms with van der Waals surface area (Å²) in [5.41, 5.74) is 0. The molecule has 0 aromatic carbocycles. The molecule has 1 heterocycles. The van der Waals surface area contributed by atoms with Crippen molar-refractivity contribution in [2.75, 3.05) is 0 Å². The van der Waals surface area contributed by atoms with E-state index in [0.29, 0.717) is 10.9 Å². The summed E-state index contributed by atoms with van der Waals surface area (Å²) in [6, 6.07) is 0. The quantitative estimate of drug-likeness (QED) is 0.301. The van der Waals surface area contributed by atoms with Crippen molar-refractivity contribution in [1.29, 1.82) is 0 Å². The Morgan fingerprint density at radius 1 is 1.05 bits per heavy atom. The van der Waals surface area contributed by atoms with Crippen molar-refractivity contribution in [1.82, 2.24) is 0 Å². The first-order valence-corrected chi connectivity index (χ1v) is 9.97. The van der Waals surface area contributed by atoms with E-state index in [2.05, 4.69) is 29.8 Å². The van der Waals surface area contributed by atoms with Crippen molar-refractivity contribution >= 4 is 27.5 Å². The first kappa shape index (κ1) is 18.8. The maximum Gasteiger partial charge on any atom is 0.0743 e. The second-order valence-corrected chi connectivity index (χ2v) is 7.92. The second-order valence-electron chi connectivity index (χ2n) is 6.18. The van der Waals surface area contributed by atoms with Gasteiger partial charge >= 0.3 is 0 Å². The van der Waals surface area contributed by atoms with Crippen LogP contribution in [0.25, 0.3) is 0 Å². The van der Waals surface area contributed by atoms with Crippen LogP contribution in [0.15, 0.2) is 0 Å². The molecular formula is C17H32BrClO. The monoisotopic (exact) mass is 366 g/mol. The number of hydrogen-bond acceptors (Lipinski definition) is 1. The minimum Gasteiger partial charge on any atom is -0.372 e. The molecule has 0 N–H and O–H groups in total. The standard InChI is InChI=1S/C17H32BrClO/c1-3-5-7-9-11-14(18)17-13-15(19)16(20-17)12-10-8-6-4-2/h14-17H,3-13H2,1-2H3/t14-,15+,16+,17-/m0/s1. The molecule has 0 amide bonds. The Balaban J connectivity index is 2.18. The topological polar surface area (TPSA) is 9.23 Å². The molecule has 0 aromatic rings. The molecule has 0 spiro atoms. The molecule has 1 aliphatic rings. The van der Waals surface area contributed by atoms with Crippen molar-refractivity contribution in [3.05, 3.63) is 0 Å². The molecular weight excluding hydrogens is 336 g/mol. The Kier molecular flexibility index (Phi) is 10.6. The third kappa shape index (κ3) is 7.13. The van der Waals surface area contributed by atoms with Crippen molar-refractivity contribution in [3.8, 4) is 0 Å². The van der Waals surface area contributed by atoms with Gasteiger partial charge in [0.15, 0.2) is 0 Å². The van der Waals surface area contributed by atoms with Gasteiger partial charge in [0, 0.05) is 4.83 Å². The summed E-state index contributed by atoms with van der Waals surface area (Å²) >= 11 is 10.3. The average molecular weight is 368 g/mol. The summed E-state index contributed by atoms with van der Waals surface area (Å²) in [7, 11) is 0. The van der Waals surface area contributed by atoms with Gasteiger partial charge in [0.25, 0.3) is 0 Å².